The highest BCUT2D eigenvalue weighted by Crippen LogP contribution is 2.17. The van der Waals surface area contributed by atoms with Crippen molar-refractivity contribution in [3.63, 3.8) is 0 Å². The normalized spacial score (nSPS) is 10.4. The molecule has 0 aliphatic heterocycles. The molecule has 32 heavy (non-hydrogen) atoms. The molecular weight excluding hydrogens is 455 g/mol. The molecule has 0 bridgehead atoms. The zero-order valence-electron chi connectivity index (χ0n) is 17.6. The molecular formula is C22H26Cl2N4O4. The van der Waals surface area contributed by atoms with Gasteiger partial charge in [-0.05, 0) is 42.7 Å². The van der Waals surface area contributed by atoms with Gasteiger partial charge >= 0.3 is 0 Å². The van der Waals surface area contributed by atoms with Gasteiger partial charge in [-0.3, -0.25) is 19.7 Å². The Bertz CT molecular complexity index is 886. The highest BCUT2D eigenvalue weighted by molar-refractivity contribution is 6.18. The van der Waals surface area contributed by atoms with Crippen LogP contribution in [0.5, 0.6) is 0 Å². The Morgan fingerprint density at radius 3 is 2.12 bits per heavy atom. The lowest BCUT2D eigenvalue weighted by Gasteiger charge is -2.23. The van der Waals surface area contributed by atoms with E-state index in [-0.39, 0.29) is 18.1 Å². The molecule has 0 aromatic heterocycles. The largest absolute Gasteiger partial charge is 0.369 e. The van der Waals surface area contributed by atoms with Crippen LogP contribution in [0.1, 0.15) is 18.4 Å². The van der Waals surface area contributed by atoms with Crippen molar-refractivity contribution < 1.29 is 14.5 Å². The summed E-state index contributed by atoms with van der Waals surface area (Å²) in [4.78, 5) is 36.2. The van der Waals surface area contributed by atoms with Crippen LogP contribution in [-0.4, -0.2) is 48.1 Å². The van der Waals surface area contributed by atoms with Crippen molar-refractivity contribution in [2.75, 3.05) is 41.6 Å². The monoisotopic (exact) mass is 480 g/mol. The number of amides is 2. The fraction of sp³-hybridized carbons (Fsp3) is 0.364. The number of carbonyl (C=O) groups is 2. The van der Waals surface area contributed by atoms with E-state index in [0.717, 1.165) is 30.8 Å². The van der Waals surface area contributed by atoms with Crippen molar-refractivity contribution in [2.45, 2.75) is 19.3 Å². The van der Waals surface area contributed by atoms with Crippen LogP contribution >= 0.6 is 23.2 Å². The fourth-order valence-corrected chi connectivity index (χ4v) is 3.45. The minimum absolute atomic E-state index is 0.0613. The number of nitrogens with zero attached hydrogens (tertiary/aromatic N) is 2. The maximum absolute atomic E-state index is 12.0. The van der Waals surface area contributed by atoms with Crippen LogP contribution in [0.2, 0.25) is 0 Å². The lowest BCUT2D eigenvalue weighted by atomic mass is 10.1. The molecule has 0 aliphatic rings. The van der Waals surface area contributed by atoms with Gasteiger partial charge in [0.2, 0.25) is 11.8 Å². The molecule has 0 heterocycles. The molecule has 0 fully saturated rings. The molecule has 2 rings (SSSR count). The average Bonchev–Trinajstić information content (AvgIpc) is 2.78. The van der Waals surface area contributed by atoms with Crippen LogP contribution in [-0.2, 0) is 16.0 Å². The number of rotatable bonds is 13. The molecule has 8 nitrogen and oxygen atoms in total. The van der Waals surface area contributed by atoms with E-state index in [1.807, 2.05) is 24.3 Å². The summed E-state index contributed by atoms with van der Waals surface area (Å²) in [5.74, 6) is 0.441. The number of hydrogen-bond donors (Lipinski definition) is 2. The van der Waals surface area contributed by atoms with Crippen LogP contribution in [0.25, 0.3) is 0 Å². The molecule has 0 aliphatic carbocycles. The summed E-state index contributed by atoms with van der Waals surface area (Å²) in [6, 6.07) is 13.6. The van der Waals surface area contributed by atoms with Gasteiger partial charge in [0.1, 0.15) is 0 Å². The number of halogens is 2. The molecule has 0 unspecified atom stereocenters. The molecule has 2 aromatic rings. The molecule has 0 saturated carbocycles. The summed E-state index contributed by atoms with van der Waals surface area (Å²) in [7, 11) is 0. The number of anilines is 2. The SMILES string of the molecule is O=C(CCCc1ccc(N(CCCl)CCCl)cc1)NCC(=O)Nc1ccc([N+](=O)[O-])cc1. The van der Waals surface area contributed by atoms with Gasteiger partial charge < -0.3 is 15.5 Å². The van der Waals surface area contributed by atoms with Crippen molar-refractivity contribution in [3.8, 4) is 0 Å². The van der Waals surface area contributed by atoms with E-state index in [0.29, 0.717) is 30.3 Å². The lowest BCUT2D eigenvalue weighted by Crippen LogP contribution is -2.32. The highest BCUT2D eigenvalue weighted by Gasteiger charge is 2.09. The third-order valence-electron chi connectivity index (χ3n) is 4.69. The van der Waals surface area contributed by atoms with Crippen molar-refractivity contribution >= 4 is 52.1 Å². The van der Waals surface area contributed by atoms with Gasteiger partial charge in [-0.25, -0.2) is 0 Å². The molecule has 0 radical (unpaired) electrons. The summed E-state index contributed by atoms with van der Waals surface area (Å²) in [5, 5.41) is 15.8. The smallest absolute Gasteiger partial charge is 0.269 e. The lowest BCUT2D eigenvalue weighted by molar-refractivity contribution is -0.384. The minimum atomic E-state index is -0.516. The quantitative estimate of drug-likeness (QED) is 0.256. The van der Waals surface area contributed by atoms with Gasteiger partial charge in [-0.15, -0.1) is 23.2 Å². The topological polar surface area (TPSA) is 105 Å². The van der Waals surface area contributed by atoms with Crippen LogP contribution in [0.3, 0.4) is 0 Å². The summed E-state index contributed by atoms with van der Waals surface area (Å²) in [6.45, 7) is 1.29. The van der Waals surface area contributed by atoms with E-state index in [1.54, 1.807) is 0 Å². The Balaban J connectivity index is 1.69. The number of benzene rings is 2. The van der Waals surface area contributed by atoms with Crippen molar-refractivity contribution in [3.05, 3.63) is 64.2 Å². The third-order valence-corrected chi connectivity index (χ3v) is 5.03. The van der Waals surface area contributed by atoms with Gasteiger partial charge in [-0.2, -0.15) is 0 Å². The molecule has 2 amide bonds. The number of nitro groups is 1. The predicted octanol–water partition coefficient (Wildman–Crippen LogP) is 3.96. The van der Waals surface area contributed by atoms with E-state index >= 15 is 0 Å². The first kappa shape index (κ1) is 25.4. The number of aryl methyl sites for hydroxylation is 1. The summed E-state index contributed by atoms with van der Waals surface area (Å²) in [6.07, 6.45) is 1.70. The Hall–Kier alpha value is -2.84. The van der Waals surface area contributed by atoms with E-state index < -0.39 is 10.8 Å². The second-order valence-electron chi connectivity index (χ2n) is 7.01. The maximum atomic E-state index is 12.0. The maximum Gasteiger partial charge on any atom is 0.269 e. The molecule has 0 saturated heterocycles. The average molecular weight is 481 g/mol. The minimum Gasteiger partial charge on any atom is -0.369 e. The Morgan fingerprint density at radius 2 is 1.56 bits per heavy atom. The van der Waals surface area contributed by atoms with Crippen LogP contribution in [0, 0.1) is 10.1 Å². The molecule has 172 valence electrons. The van der Waals surface area contributed by atoms with Gasteiger partial charge in [0.05, 0.1) is 11.5 Å². The van der Waals surface area contributed by atoms with E-state index in [9.17, 15) is 19.7 Å². The third kappa shape index (κ3) is 8.72. The van der Waals surface area contributed by atoms with Gasteiger partial charge in [0.25, 0.3) is 5.69 Å². The fourth-order valence-electron chi connectivity index (χ4n) is 3.04. The standard InChI is InChI=1S/C22H26Cl2N4O4/c23-12-14-27(15-13-24)19-8-4-17(5-9-19)2-1-3-21(29)25-16-22(30)26-18-6-10-20(11-7-18)28(31)32/h4-11H,1-3,12-16H2,(H,25,29)(H,26,30). The second kappa shape index (κ2) is 13.5. The van der Waals surface area contributed by atoms with Crippen LogP contribution in [0.4, 0.5) is 17.1 Å². The second-order valence-corrected chi connectivity index (χ2v) is 7.77. The number of nitro benzene ring substituents is 1. The predicted molar refractivity (Wildman–Crippen MR) is 128 cm³/mol. The molecule has 0 atom stereocenters. The van der Waals surface area contributed by atoms with Crippen LogP contribution < -0.4 is 15.5 Å². The number of alkyl halides is 2. The molecule has 10 heteroatoms. The van der Waals surface area contributed by atoms with E-state index in [2.05, 4.69) is 15.5 Å². The van der Waals surface area contributed by atoms with Crippen molar-refractivity contribution in [1.29, 1.82) is 0 Å². The number of non-ortho nitro benzene ring substituents is 1. The Morgan fingerprint density at radius 1 is 0.938 bits per heavy atom. The number of carbonyl (C=O) groups excluding carboxylic acids is 2. The highest BCUT2D eigenvalue weighted by atomic mass is 35.5. The Kier molecular flexibility index (Phi) is 10.8. The summed E-state index contributed by atoms with van der Waals surface area (Å²) in [5.41, 5.74) is 2.55. The van der Waals surface area contributed by atoms with Crippen LogP contribution in [0.15, 0.2) is 48.5 Å². The van der Waals surface area contributed by atoms with Crippen molar-refractivity contribution in [1.82, 2.24) is 5.32 Å². The van der Waals surface area contributed by atoms with E-state index in [1.165, 1.54) is 24.3 Å². The van der Waals surface area contributed by atoms with Gasteiger partial charge in [0.15, 0.2) is 0 Å². The first-order chi connectivity index (χ1) is 15.4. The molecule has 2 N–H and O–H groups in total. The number of nitrogens with one attached hydrogen (secondary N) is 2. The van der Waals surface area contributed by atoms with Gasteiger partial charge in [0, 0.05) is 54.8 Å². The molecule has 0 spiro atoms. The van der Waals surface area contributed by atoms with Crippen molar-refractivity contribution in [2.24, 2.45) is 0 Å². The van der Waals surface area contributed by atoms with Gasteiger partial charge in [-0.1, -0.05) is 12.1 Å². The molecule has 2 aromatic carbocycles. The summed E-state index contributed by atoms with van der Waals surface area (Å²) >= 11 is 11.7. The zero-order valence-corrected chi connectivity index (χ0v) is 19.1. The Labute approximate surface area is 197 Å². The zero-order chi connectivity index (χ0) is 23.3. The number of hydrogen-bond acceptors (Lipinski definition) is 5. The van der Waals surface area contributed by atoms with E-state index in [4.69, 9.17) is 23.2 Å². The summed E-state index contributed by atoms with van der Waals surface area (Å²) < 4.78 is 0. The first-order valence-electron chi connectivity index (χ1n) is 10.2. The first-order valence-corrected chi connectivity index (χ1v) is 11.3.